The molecule has 1 aromatic carbocycles. The van der Waals surface area contributed by atoms with Crippen LogP contribution in [0.5, 0.6) is 0 Å². The summed E-state index contributed by atoms with van der Waals surface area (Å²) in [5.41, 5.74) is 8.95. The summed E-state index contributed by atoms with van der Waals surface area (Å²) in [5, 5.41) is 6.50. The summed E-state index contributed by atoms with van der Waals surface area (Å²) >= 11 is 6.84. The van der Waals surface area contributed by atoms with E-state index in [1.54, 1.807) is 12.1 Å². The number of anilines is 1. The van der Waals surface area contributed by atoms with Crippen LogP contribution in [-0.2, 0) is 12.8 Å². The molecule has 0 fully saturated rings. The van der Waals surface area contributed by atoms with Crippen LogP contribution in [0.3, 0.4) is 0 Å². The fourth-order valence-electron chi connectivity index (χ4n) is 3.77. The molecule has 0 aliphatic heterocycles. The molecule has 29 heavy (non-hydrogen) atoms. The van der Waals surface area contributed by atoms with Crippen molar-refractivity contribution >= 4 is 45.5 Å². The van der Waals surface area contributed by atoms with Crippen LogP contribution in [0.15, 0.2) is 24.3 Å². The van der Waals surface area contributed by atoms with Crippen molar-refractivity contribution in [3.05, 3.63) is 51.4 Å². The van der Waals surface area contributed by atoms with Crippen LogP contribution in [0.2, 0.25) is 0 Å². The number of hydrogen-bond donors (Lipinski definition) is 3. The number of amides is 2. The first-order valence-corrected chi connectivity index (χ1v) is 10.9. The molecule has 1 aromatic heterocycles. The van der Waals surface area contributed by atoms with Crippen LogP contribution in [0, 0.1) is 18.3 Å². The minimum Gasteiger partial charge on any atom is -0.365 e. The summed E-state index contributed by atoms with van der Waals surface area (Å²) in [6.45, 7) is 8.68. The molecule has 0 saturated heterocycles. The van der Waals surface area contributed by atoms with E-state index in [0.29, 0.717) is 22.0 Å². The molecule has 1 aliphatic rings. The lowest BCUT2D eigenvalue weighted by molar-refractivity contribution is 0.0975. The number of hydrogen-bond acceptors (Lipinski definition) is 4. The Kier molecular flexibility index (Phi) is 6.10. The van der Waals surface area contributed by atoms with Gasteiger partial charge in [-0.25, -0.2) is 0 Å². The van der Waals surface area contributed by atoms with E-state index < -0.39 is 5.91 Å². The van der Waals surface area contributed by atoms with Crippen molar-refractivity contribution in [3.63, 3.8) is 0 Å². The molecule has 0 saturated carbocycles. The van der Waals surface area contributed by atoms with Crippen molar-refractivity contribution in [2.45, 2.75) is 47.0 Å². The zero-order valence-electron chi connectivity index (χ0n) is 17.2. The summed E-state index contributed by atoms with van der Waals surface area (Å²) < 4.78 is 0. The highest BCUT2D eigenvalue weighted by Gasteiger charge is 2.33. The number of aryl methyl sites for hydroxylation is 1. The van der Waals surface area contributed by atoms with Gasteiger partial charge in [0.25, 0.3) is 11.8 Å². The number of carbonyl (C=O) groups excluding carboxylic acids is 2. The van der Waals surface area contributed by atoms with Gasteiger partial charge in [0, 0.05) is 10.4 Å². The summed E-state index contributed by atoms with van der Waals surface area (Å²) in [6, 6.07) is 7.28. The lowest BCUT2D eigenvalue weighted by Crippen LogP contribution is -2.34. The van der Waals surface area contributed by atoms with Gasteiger partial charge in [0.1, 0.15) is 5.00 Å². The molecule has 1 heterocycles. The third-order valence-corrected chi connectivity index (χ3v) is 6.84. The average Bonchev–Trinajstić information content (AvgIpc) is 2.97. The number of fused-ring (bicyclic) bond motifs is 1. The lowest BCUT2D eigenvalue weighted by atomic mass is 9.72. The monoisotopic (exact) mass is 429 g/mol. The van der Waals surface area contributed by atoms with E-state index in [4.69, 9.17) is 18.0 Å². The van der Waals surface area contributed by atoms with E-state index >= 15 is 0 Å². The molecule has 2 aromatic rings. The highest BCUT2D eigenvalue weighted by Crippen LogP contribution is 2.44. The summed E-state index contributed by atoms with van der Waals surface area (Å²) in [5.74, 6) is -0.205. The Balaban J connectivity index is 1.79. The molecule has 0 radical (unpaired) electrons. The number of thiophene rings is 1. The van der Waals surface area contributed by atoms with E-state index in [1.165, 1.54) is 16.2 Å². The quantitative estimate of drug-likeness (QED) is 0.630. The number of nitrogens with one attached hydrogen (secondary N) is 2. The molecule has 4 N–H and O–H groups in total. The normalized spacial score (nSPS) is 16.1. The van der Waals surface area contributed by atoms with E-state index in [-0.39, 0.29) is 16.4 Å². The van der Waals surface area contributed by atoms with Crippen molar-refractivity contribution in [2.75, 3.05) is 5.32 Å². The van der Waals surface area contributed by atoms with E-state index in [9.17, 15) is 9.59 Å². The van der Waals surface area contributed by atoms with Crippen LogP contribution in [0.4, 0.5) is 5.00 Å². The zero-order valence-corrected chi connectivity index (χ0v) is 18.9. The topological polar surface area (TPSA) is 84.2 Å². The predicted octanol–water partition coefficient (Wildman–Crippen LogP) is 4.43. The molecule has 3 rings (SSSR count). The average molecular weight is 430 g/mol. The van der Waals surface area contributed by atoms with Crippen LogP contribution in [-0.4, -0.2) is 16.9 Å². The first-order valence-electron chi connectivity index (χ1n) is 9.69. The maximum atomic E-state index is 12.4. The van der Waals surface area contributed by atoms with Gasteiger partial charge >= 0.3 is 0 Å². The number of carbonyl (C=O) groups is 2. The highest BCUT2D eigenvalue weighted by atomic mass is 32.1. The minimum absolute atomic E-state index is 0.157. The third kappa shape index (κ3) is 4.85. The predicted molar refractivity (Wildman–Crippen MR) is 123 cm³/mol. The molecular formula is C22H27N3O2S2. The van der Waals surface area contributed by atoms with Gasteiger partial charge in [-0.2, -0.15) is 0 Å². The van der Waals surface area contributed by atoms with E-state index in [1.807, 2.05) is 19.1 Å². The summed E-state index contributed by atoms with van der Waals surface area (Å²) in [4.78, 5) is 25.8. The van der Waals surface area contributed by atoms with Gasteiger partial charge in [0.2, 0.25) is 0 Å². The molecule has 0 bridgehead atoms. The molecule has 154 valence electrons. The molecule has 7 heteroatoms. The third-order valence-electron chi connectivity index (χ3n) is 5.47. The largest absolute Gasteiger partial charge is 0.365 e. The fourth-order valence-corrected chi connectivity index (χ4v) is 5.37. The fraction of sp³-hybridized carbons (Fsp3) is 0.409. The molecule has 2 amide bonds. The zero-order chi connectivity index (χ0) is 21.3. The van der Waals surface area contributed by atoms with Crippen molar-refractivity contribution < 1.29 is 9.59 Å². The molecule has 1 atom stereocenters. The van der Waals surface area contributed by atoms with E-state index in [0.717, 1.165) is 30.4 Å². The second-order valence-electron chi connectivity index (χ2n) is 8.66. The smallest absolute Gasteiger partial charge is 0.257 e. The lowest BCUT2D eigenvalue weighted by Gasteiger charge is -2.33. The van der Waals surface area contributed by atoms with Gasteiger partial charge in [0.05, 0.1) is 5.56 Å². The van der Waals surface area contributed by atoms with Gasteiger partial charge in [-0.1, -0.05) is 38.5 Å². The minimum atomic E-state index is -0.466. The van der Waals surface area contributed by atoms with Crippen molar-refractivity contribution in [2.24, 2.45) is 17.1 Å². The van der Waals surface area contributed by atoms with E-state index in [2.05, 4.69) is 31.4 Å². The van der Waals surface area contributed by atoms with Gasteiger partial charge in [-0.3, -0.25) is 14.9 Å². The van der Waals surface area contributed by atoms with Crippen LogP contribution >= 0.6 is 23.6 Å². The first-order chi connectivity index (χ1) is 13.6. The van der Waals surface area contributed by atoms with Crippen molar-refractivity contribution in [1.82, 2.24) is 5.32 Å². The Bertz CT molecular complexity index is 973. The Morgan fingerprint density at radius 1 is 1.28 bits per heavy atom. The maximum absolute atomic E-state index is 12.4. The first kappa shape index (κ1) is 21.5. The summed E-state index contributed by atoms with van der Waals surface area (Å²) in [6.07, 6.45) is 2.78. The number of primary amides is 1. The number of nitrogens with two attached hydrogens (primary N) is 1. The Morgan fingerprint density at radius 3 is 2.62 bits per heavy atom. The Hall–Kier alpha value is -2.25. The molecule has 1 unspecified atom stereocenters. The number of rotatable bonds is 3. The highest BCUT2D eigenvalue weighted by molar-refractivity contribution is 7.80. The molecule has 5 nitrogen and oxygen atoms in total. The number of thiocarbonyl (C=S) groups is 1. The second-order valence-corrected chi connectivity index (χ2v) is 10.2. The SMILES string of the molecule is Cc1cccc(C(=O)NC(=S)Nc2sc3c(c2C(N)=O)CCC(C(C)(C)C)C3)c1. The van der Waals surface area contributed by atoms with Crippen molar-refractivity contribution in [1.29, 1.82) is 0 Å². The summed E-state index contributed by atoms with van der Waals surface area (Å²) in [7, 11) is 0. The number of benzene rings is 1. The van der Waals surface area contributed by atoms with Gasteiger partial charge in [-0.05, 0) is 67.4 Å². The van der Waals surface area contributed by atoms with Gasteiger partial charge in [0.15, 0.2) is 5.11 Å². The van der Waals surface area contributed by atoms with Gasteiger partial charge < -0.3 is 11.1 Å². The Morgan fingerprint density at radius 2 is 2.00 bits per heavy atom. The standard InChI is InChI=1S/C22H27N3O2S2/c1-12-6-5-7-13(10-12)19(27)24-21(28)25-20-17(18(23)26)15-9-8-14(22(2,3)4)11-16(15)29-20/h5-7,10,14H,8-9,11H2,1-4H3,(H2,23,26)(H2,24,25,27,28). The maximum Gasteiger partial charge on any atom is 0.257 e. The van der Waals surface area contributed by atoms with Gasteiger partial charge in [-0.15, -0.1) is 11.3 Å². The molecular weight excluding hydrogens is 402 g/mol. The van der Waals surface area contributed by atoms with Crippen LogP contribution < -0.4 is 16.4 Å². The molecule has 1 aliphatic carbocycles. The second kappa shape index (κ2) is 8.24. The van der Waals surface area contributed by atoms with Crippen LogP contribution in [0.25, 0.3) is 0 Å². The van der Waals surface area contributed by atoms with Crippen LogP contribution in [0.1, 0.15) is 63.9 Å². The van der Waals surface area contributed by atoms with Crippen molar-refractivity contribution in [3.8, 4) is 0 Å². The Labute approximate surface area is 181 Å². The molecule has 0 spiro atoms.